The molecule has 0 N–H and O–H groups in total. The average molecular weight is 307 g/mol. The topological polar surface area (TPSA) is 34.9 Å². The number of aryl methyl sites for hydroxylation is 3. The molecule has 94 valence electrons. The molecule has 0 spiro atoms. The van der Waals surface area contributed by atoms with Crippen LogP contribution in [0.2, 0.25) is 0 Å². The van der Waals surface area contributed by atoms with E-state index in [-0.39, 0.29) is 5.78 Å². The molecule has 0 aliphatic rings. The summed E-state index contributed by atoms with van der Waals surface area (Å²) in [7, 11) is 1.88. The number of hydrogen-bond donors (Lipinski definition) is 0. The number of carbonyl (C=O) groups is 1. The smallest absolute Gasteiger partial charge is 0.163 e. The van der Waals surface area contributed by atoms with Crippen molar-refractivity contribution in [3.63, 3.8) is 0 Å². The van der Waals surface area contributed by atoms with E-state index in [4.69, 9.17) is 0 Å². The number of carbonyl (C=O) groups excluding carboxylic acids is 1. The van der Waals surface area contributed by atoms with Crippen LogP contribution in [0.4, 0.5) is 0 Å². The fourth-order valence-corrected chi connectivity index (χ4v) is 2.51. The first-order valence-electron chi connectivity index (χ1n) is 5.82. The van der Waals surface area contributed by atoms with E-state index in [0.29, 0.717) is 6.42 Å². The second kappa shape index (κ2) is 5.48. The third-order valence-electron chi connectivity index (χ3n) is 2.76. The SMILES string of the molecule is Cc1cc(Br)cc(C(=O)CCc2cnn(C)c2)c1. The van der Waals surface area contributed by atoms with E-state index in [0.717, 1.165) is 27.6 Å². The molecule has 1 heterocycles. The van der Waals surface area contributed by atoms with Crippen LogP contribution in [0, 0.1) is 6.92 Å². The highest BCUT2D eigenvalue weighted by atomic mass is 79.9. The standard InChI is InChI=1S/C14H15BrN2O/c1-10-5-12(7-13(15)6-10)14(18)4-3-11-8-16-17(2)9-11/h5-9H,3-4H2,1-2H3. The van der Waals surface area contributed by atoms with Crippen LogP contribution in [0.15, 0.2) is 35.1 Å². The number of aromatic nitrogens is 2. The molecule has 1 aromatic carbocycles. The zero-order chi connectivity index (χ0) is 13.1. The molecule has 18 heavy (non-hydrogen) atoms. The predicted molar refractivity (Wildman–Crippen MR) is 74.7 cm³/mol. The van der Waals surface area contributed by atoms with E-state index in [2.05, 4.69) is 21.0 Å². The van der Waals surface area contributed by atoms with Crippen LogP contribution in [0.3, 0.4) is 0 Å². The Bertz CT molecular complexity index is 555. The van der Waals surface area contributed by atoms with Crippen LogP contribution in [0.1, 0.15) is 27.9 Å². The zero-order valence-corrected chi connectivity index (χ0v) is 12.1. The first-order chi connectivity index (χ1) is 8.54. The fourth-order valence-electron chi connectivity index (χ4n) is 1.90. The number of benzene rings is 1. The van der Waals surface area contributed by atoms with Gasteiger partial charge < -0.3 is 0 Å². The molecule has 0 bridgehead atoms. The molecular formula is C14H15BrN2O. The summed E-state index contributed by atoms with van der Waals surface area (Å²) < 4.78 is 2.70. The lowest BCUT2D eigenvalue weighted by Crippen LogP contribution is -2.01. The van der Waals surface area contributed by atoms with Gasteiger partial charge in [0, 0.05) is 29.7 Å². The van der Waals surface area contributed by atoms with Crippen molar-refractivity contribution in [2.24, 2.45) is 7.05 Å². The molecule has 0 radical (unpaired) electrons. The third kappa shape index (κ3) is 3.29. The van der Waals surface area contributed by atoms with Gasteiger partial charge in [0.25, 0.3) is 0 Å². The Hall–Kier alpha value is -1.42. The molecule has 2 rings (SSSR count). The second-order valence-corrected chi connectivity index (χ2v) is 5.38. The van der Waals surface area contributed by atoms with Gasteiger partial charge in [0.2, 0.25) is 0 Å². The summed E-state index contributed by atoms with van der Waals surface area (Å²) in [5, 5.41) is 4.09. The minimum absolute atomic E-state index is 0.170. The minimum atomic E-state index is 0.170. The van der Waals surface area contributed by atoms with Crippen molar-refractivity contribution in [1.82, 2.24) is 9.78 Å². The number of ketones is 1. The Kier molecular flexibility index (Phi) is 3.97. The van der Waals surface area contributed by atoms with Crippen LogP contribution in [0.5, 0.6) is 0 Å². The van der Waals surface area contributed by atoms with Crippen LogP contribution in [-0.2, 0) is 13.5 Å². The molecule has 0 saturated carbocycles. The van der Waals surface area contributed by atoms with Gasteiger partial charge in [-0.05, 0) is 42.7 Å². The summed E-state index contributed by atoms with van der Waals surface area (Å²) in [6.45, 7) is 1.99. The quantitative estimate of drug-likeness (QED) is 0.812. The average Bonchev–Trinajstić information content (AvgIpc) is 2.70. The van der Waals surface area contributed by atoms with Crippen LogP contribution >= 0.6 is 15.9 Å². The number of Topliss-reactive ketones (excluding diaryl/α,β-unsaturated/α-hetero) is 1. The normalized spacial score (nSPS) is 10.6. The summed E-state index contributed by atoms with van der Waals surface area (Å²) in [5.74, 6) is 0.170. The van der Waals surface area contributed by atoms with Crippen molar-refractivity contribution in [2.75, 3.05) is 0 Å². The first-order valence-corrected chi connectivity index (χ1v) is 6.62. The van der Waals surface area contributed by atoms with Gasteiger partial charge in [0.1, 0.15) is 0 Å². The molecule has 3 nitrogen and oxygen atoms in total. The highest BCUT2D eigenvalue weighted by Gasteiger charge is 2.08. The Labute approximate surface area is 115 Å². The van der Waals surface area contributed by atoms with E-state index in [1.54, 1.807) is 10.9 Å². The Balaban J connectivity index is 2.03. The molecule has 0 saturated heterocycles. The van der Waals surface area contributed by atoms with Gasteiger partial charge >= 0.3 is 0 Å². The number of rotatable bonds is 4. The molecule has 2 aromatic rings. The third-order valence-corrected chi connectivity index (χ3v) is 3.22. The van der Waals surface area contributed by atoms with Crippen molar-refractivity contribution in [2.45, 2.75) is 19.8 Å². The molecule has 0 fully saturated rings. The Morgan fingerprint density at radius 3 is 2.78 bits per heavy atom. The second-order valence-electron chi connectivity index (χ2n) is 4.46. The van der Waals surface area contributed by atoms with Crippen LogP contribution < -0.4 is 0 Å². The van der Waals surface area contributed by atoms with Crippen LogP contribution in [0.25, 0.3) is 0 Å². The maximum atomic E-state index is 12.1. The molecular weight excluding hydrogens is 292 g/mol. The Morgan fingerprint density at radius 2 is 2.17 bits per heavy atom. The van der Waals surface area contributed by atoms with E-state index in [1.165, 1.54) is 0 Å². The van der Waals surface area contributed by atoms with Crippen molar-refractivity contribution in [3.05, 3.63) is 51.8 Å². The number of hydrogen-bond acceptors (Lipinski definition) is 2. The van der Waals surface area contributed by atoms with Crippen molar-refractivity contribution < 1.29 is 4.79 Å². The predicted octanol–water partition coefficient (Wildman–Crippen LogP) is 3.31. The summed E-state index contributed by atoms with van der Waals surface area (Å²) >= 11 is 3.42. The lowest BCUT2D eigenvalue weighted by Gasteiger charge is -2.03. The van der Waals surface area contributed by atoms with Gasteiger partial charge in [0.15, 0.2) is 5.78 Å². The number of nitrogens with zero attached hydrogens (tertiary/aromatic N) is 2. The monoisotopic (exact) mass is 306 g/mol. The van der Waals surface area contributed by atoms with E-state index < -0.39 is 0 Å². The van der Waals surface area contributed by atoms with E-state index in [9.17, 15) is 4.79 Å². The van der Waals surface area contributed by atoms with Gasteiger partial charge in [-0.25, -0.2) is 0 Å². The summed E-state index contributed by atoms with van der Waals surface area (Å²) in [4.78, 5) is 12.1. The highest BCUT2D eigenvalue weighted by molar-refractivity contribution is 9.10. The molecule has 0 unspecified atom stereocenters. The number of halogens is 1. The van der Waals surface area contributed by atoms with Crippen molar-refractivity contribution >= 4 is 21.7 Å². The molecule has 1 aromatic heterocycles. The maximum Gasteiger partial charge on any atom is 0.163 e. The zero-order valence-electron chi connectivity index (χ0n) is 10.5. The highest BCUT2D eigenvalue weighted by Crippen LogP contribution is 2.17. The van der Waals surface area contributed by atoms with Gasteiger partial charge in [0.05, 0.1) is 6.20 Å². The lowest BCUT2D eigenvalue weighted by molar-refractivity contribution is 0.0982. The van der Waals surface area contributed by atoms with E-state index in [1.807, 2.05) is 38.4 Å². The van der Waals surface area contributed by atoms with Gasteiger partial charge in [-0.1, -0.05) is 15.9 Å². The molecule has 4 heteroatoms. The van der Waals surface area contributed by atoms with Gasteiger partial charge in [-0.15, -0.1) is 0 Å². The molecule has 0 atom stereocenters. The van der Waals surface area contributed by atoms with Gasteiger partial charge in [-0.2, -0.15) is 5.10 Å². The largest absolute Gasteiger partial charge is 0.294 e. The summed E-state index contributed by atoms with van der Waals surface area (Å²) in [6.07, 6.45) is 5.00. The Morgan fingerprint density at radius 1 is 1.39 bits per heavy atom. The van der Waals surface area contributed by atoms with E-state index >= 15 is 0 Å². The maximum absolute atomic E-state index is 12.1. The lowest BCUT2D eigenvalue weighted by atomic mass is 10.0. The van der Waals surface area contributed by atoms with Crippen molar-refractivity contribution in [1.29, 1.82) is 0 Å². The molecule has 0 amide bonds. The van der Waals surface area contributed by atoms with Gasteiger partial charge in [-0.3, -0.25) is 9.48 Å². The molecule has 0 aliphatic carbocycles. The van der Waals surface area contributed by atoms with Crippen LogP contribution in [-0.4, -0.2) is 15.6 Å². The fraction of sp³-hybridized carbons (Fsp3) is 0.286. The first kappa shape index (κ1) is 13.0. The minimum Gasteiger partial charge on any atom is -0.294 e. The summed E-state index contributed by atoms with van der Waals surface area (Å²) in [6, 6.07) is 5.80. The summed E-state index contributed by atoms with van der Waals surface area (Å²) in [5.41, 5.74) is 2.96. The molecule has 0 aliphatic heterocycles. The van der Waals surface area contributed by atoms with Crippen molar-refractivity contribution in [3.8, 4) is 0 Å².